The van der Waals surface area contributed by atoms with Gasteiger partial charge in [0, 0.05) is 5.02 Å². The molecule has 1 aromatic carbocycles. The molecule has 1 aliphatic carbocycles. The molecule has 0 heterocycles. The molecule has 0 aliphatic heterocycles. The van der Waals surface area contributed by atoms with Gasteiger partial charge in [0.2, 0.25) is 0 Å². The molecule has 15 heavy (non-hydrogen) atoms. The van der Waals surface area contributed by atoms with E-state index in [9.17, 15) is 0 Å². The first-order valence-electron chi connectivity index (χ1n) is 5.77. The summed E-state index contributed by atoms with van der Waals surface area (Å²) in [7, 11) is 0. The van der Waals surface area contributed by atoms with Crippen LogP contribution in [0.25, 0.3) is 0 Å². The largest absolute Gasteiger partial charge is 0.317 e. The quantitative estimate of drug-likeness (QED) is 0.825. The molecule has 2 heteroatoms. The smallest absolute Gasteiger partial charge is 0.0406 e. The molecule has 0 amide bonds. The van der Waals surface area contributed by atoms with Crippen molar-refractivity contribution in [3.63, 3.8) is 0 Å². The van der Waals surface area contributed by atoms with Crippen molar-refractivity contribution >= 4 is 11.6 Å². The van der Waals surface area contributed by atoms with E-state index in [-0.39, 0.29) is 0 Å². The lowest BCUT2D eigenvalue weighted by molar-refractivity contribution is 0.247. The van der Waals surface area contributed by atoms with Gasteiger partial charge < -0.3 is 5.32 Å². The number of benzene rings is 1. The van der Waals surface area contributed by atoms with Gasteiger partial charge in [-0.2, -0.15) is 0 Å². The van der Waals surface area contributed by atoms with Gasteiger partial charge in [-0.15, -0.1) is 0 Å². The summed E-state index contributed by atoms with van der Waals surface area (Å²) in [6.45, 7) is 4.39. The van der Waals surface area contributed by atoms with Crippen LogP contribution in [0.3, 0.4) is 0 Å². The van der Waals surface area contributed by atoms with Gasteiger partial charge in [0.05, 0.1) is 0 Å². The molecule has 82 valence electrons. The second-order valence-electron chi connectivity index (χ2n) is 4.30. The van der Waals surface area contributed by atoms with Crippen LogP contribution < -0.4 is 5.32 Å². The van der Waals surface area contributed by atoms with Crippen LogP contribution in [0.4, 0.5) is 0 Å². The highest BCUT2D eigenvalue weighted by atomic mass is 35.5. The molecule has 2 unspecified atom stereocenters. The summed E-state index contributed by atoms with van der Waals surface area (Å²) < 4.78 is 0. The Morgan fingerprint density at radius 1 is 1.27 bits per heavy atom. The zero-order valence-corrected chi connectivity index (χ0v) is 9.93. The summed E-state index contributed by atoms with van der Waals surface area (Å²) in [4.78, 5) is 0. The summed E-state index contributed by atoms with van der Waals surface area (Å²) in [5.41, 5.74) is 1.45. The molecular formula is C13H18ClN. The Balaban J connectivity index is 1.96. The number of rotatable bonds is 4. The summed E-state index contributed by atoms with van der Waals surface area (Å²) in [6, 6.07) is 8.34. The SMILES string of the molecule is CCNCC1CCC1c1ccc(Cl)cc1. The minimum atomic E-state index is 0.751. The minimum Gasteiger partial charge on any atom is -0.317 e. The first kappa shape index (κ1) is 11.0. The van der Waals surface area contributed by atoms with Gasteiger partial charge in [0.1, 0.15) is 0 Å². The topological polar surface area (TPSA) is 12.0 Å². The maximum absolute atomic E-state index is 5.89. The van der Waals surface area contributed by atoms with E-state index in [1.165, 1.54) is 18.4 Å². The summed E-state index contributed by atoms with van der Waals surface area (Å²) >= 11 is 5.89. The maximum Gasteiger partial charge on any atom is 0.0406 e. The van der Waals surface area contributed by atoms with Crippen LogP contribution in [-0.4, -0.2) is 13.1 Å². The summed E-state index contributed by atoms with van der Waals surface area (Å²) in [5, 5.41) is 4.27. The fraction of sp³-hybridized carbons (Fsp3) is 0.538. The van der Waals surface area contributed by atoms with Crippen LogP contribution in [0.5, 0.6) is 0 Å². The zero-order valence-electron chi connectivity index (χ0n) is 9.17. The predicted octanol–water partition coefficient (Wildman–Crippen LogP) is 3.44. The fourth-order valence-electron chi connectivity index (χ4n) is 2.29. The van der Waals surface area contributed by atoms with Gasteiger partial charge in [-0.3, -0.25) is 0 Å². The highest BCUT2D eigenvalue weighted by molar-refractivity contribution is 6.30. The first-order valence-corrected chi connectivity index (χ1v) is 6.15. The lowest BCUT2D eigenvalue weighted by Gasteiger charge is -2.37. The number of hydrogen-bond acceptors (Lipinski definition) is 1. The van der Waals surface area contributed by atoms with Crippen molar-refractivity contribution in [1.29, 1.82) is 0 Å². The number of hydrogen-bond donors (Lipinski definition) is 1. The Morgan fingerprint density at radius 2 is 2.00 bits per heavy atom. The third kappa shape index (κ3) is 2.53. The minimum absolute atomic E-state index is 0.751. The zero-order chi connectivity index (χ0) is 10.7. The van der Waals surface area contributed by atoms with Crippen molar-refractivity contribution in [2.24, 2.45) is 5.92 Å². The molecule has 1 N–H and O–H groups in total. The standard InChI is InChI=1S/C13H18ClN/c1-2-15-9-11-5-8-13(11)10-3-6-12(14)7-4-10/h3-4,6-7,11,13,15H,2,5,8-9H2,1H3. The van der Waals surface area contributed by atoms with Crippen LogP contribution >= 0.6 is 11.6 Å². The molecule has 1 aliphatic rings. The van der Waals surface area contributed by atoms with Gasteiger partial charge in [-0.1, -0.05) is 30.7 Å². The molecule has 2 atom stereocenters. The van der Waals surface area contributed by atoms with Gasteiger partial charge in [-0.05, 0) is 55.5 Å². The van der Waals surface area contributed by atoms with E-state index in [0.29, 0.717) is 0 Å². The van der Waals surface area contributed by atoms with Crippen molar-refractivity contribution in [2.75, 3.05) is 13.1 Å². The monoisotopic (exact) mass is 223 g/mol. The van der Waals surface area contributed by atoms with Gasteiger partial charge >= 0.3 is 0 Å². The van der Waals surface area contributed by atoms with Crippen molar-refractivity contribution in [2.45, 2.75) is 25.7 Å². The Bertz CT molecular complexity index is 307. The first-order chi connectivity index (χ1) is 7.31. The van der Waals surface area contributed by atoms with Crippen molar-refractivity contribution in [3.05, 3.63) is 34.9 Å². The third-order valence-corrected chi connectivity index (χ3v) is 3.62. The van der Waals surface area contributed by atoms with E-state index in [1.807, 2.05) is 12.1 Å². The molecular weight excluding hydrogens is 206 g/mol. The average molecular weight is 224 g/mol. The lowest BCUT2D eigenvalue weighted by Crippen LogP contribution is -2.33. The normalized spacial score (nSPS) is 24.9. The Labute approximate surface area is 96.8 Å². The highest BCUT2D eigenvalue weighted by Crippen LogP contribution is 2.42. The van der Waals surface area contributed by atoms with E-state index in [2.05, 4.69) is 24.4 Å². The lowest BCUT2D eigenvalue weighted by atomic mass is 9.70. The average Bonchev–Trinajstić information content (AvgIpc) is 2.20. The molecule has 1 fully saturated rings. The maximum atomic E-state index is 5.89. The molecule has 1 nitrogen and oxygen atoms in total. The second kappa shape index (κ2) is 5.00. The van der Waals surface area contributed by atoms with Crippen molar-refractivity contribution in [3.8, 4) is 0 Å². The van der Waals surface area contributed by atoms with Crippen LogP contribution in [0, 0.1) is 5.92 Å². The summed E-state index contributed by atoms with van der Waals surface area (Å²) in [6.07, 6.45) is 2.69. The van der Waals surface area contributed by atoms with E-state index >= 15 is 0 Å². The summed E-state index contributed by atoms with van der Waals surface area (Å²) in [5.74, 6) is 1.58. The van der Waals surface area contributed by atoms with E-state index in [0.717, 1.165) is 29.9 Å². The Kier molecular flexibility index (Phi) is 3.66. The Morgan fingerprint density at radius 3 is 2.53 bits per heavy atom. The second-order valence-corrected chi connectivity index (χ2v) is 4.74. The van der Waals surface area contributed by atoms with Gasteiger partial charge in [0.15, 0.2) is 0 Å². The molecule has 0 spiro atoms. The van der Waals surface area contributed by atoms with Crippen molar-refractivity contribution < 1.29 is 0 Å². The van der Waals surface area contributed by atoms with Crippen LogP contribution in [0.2, 0.25) is 5.02 Å². The molecule has 0 saturated heterocycles. The van der Waals surface area contributed by atoms with E-state index in [1.54, 1.807) is 0 Å². The Hall–Kier alpha value is -0.530. The molecule has 1 aromatic rings. The predicted molar refractivity (Wildman–Crippen MR) is 65.5 cm³/mol. The number of nitrogens with one attached hydrogen (secondary N) is 1. The molecule has 0 radical (unpaired) electrons. The number of halogens is 1. The van der Waals surface area contributed by atoms with E-state index < -0.39 is 0 Å². The van der Waals surface area contributed by atoms with Gasteiger partial charge in [0.25, 0.3) is 0 Å². The fourth-order valence-corrected chi connectivity index (χ4v) is 2.42. The molecule has 2 rings (SSSR count). The van der Waals surface area contributed by atoms with Gasteiger partial charge in [-0.25, -0.2) is 0 Å². The molecule has 0 bridgehead atoms. The van der Waals surface area contributed by atoms with Crippen LogP contribution in [0.1, 0.15) is 31.2 Å². The third-order valence-electron chi connectivity index (χ3n) is 3.37. The molecule has 1 saturated carbocycles. The van der Waals surface area contributed by atoms with Crippen molar-refractivity contribution in [1.82, 2.24) is 5.32 Å². The highest BCUT2D eigenvalue weighted by Gasteiger charge is 2.31. The van der Waals surface area contributed by atoms with Crippen LogP contribution in [0.15, 0.2) is 24.3 Å². The van der Waals surface area contributed by atoms with E-state index in [4.69, 9.17) is 11.6 Å². The molecule has 0 aromatic heterocycles. The van der Waals surface area contributed by atoms with Crippen LogP contribution in [-0.2, 0) is 0 Å².